The molecule has 0 fully saturated rings. The van der Waals surface area contributed by atoms with Crippen molar-refractivity contribution >= 4 is 5.78 Å². The normalized spacial score (nSPS) is 10.6. The summed E-state index contributed by atoms with van der Waals surface area (Å²) in [5, 5.41) is 4.18. The number of methoxy groups -OCH3 is 1. The van der Waals surface area contributed by atoms with E-state index in [1.807, 2.05) is 6.92 Å². The molecule has 0 atom stereocenters. The fourth-order valence-corrected chi connectivity index (χ4v) is 1.83. The maximum atomic E-state index is 12.5. The molecule has 6 nitrogen and oxygen atoms in total. The van der Waals surface area contributed by atoms with Crippen LogP contribution in [0.3, 0.4) is 0 Å². The van der Waals surface area contributed by atoms with Crippen LogP contribution in [0.2, 0.25) is 0 Å². The summed E-state index contributed by atoms with van der Waals surface area (Å²) in [5.74, 6) is 0.368. The van der Waals surface area contributed by atoms with E-state index in [1.54, 1.807) is 35.0 Å². The van der Waals surface area contributed by atoms with Crippen LogP contribution in [0.5, 0.6) is 5.75 Å². The van der Waals surface area contributed by atoms with Gasteiger partial charge in [0.2, 0.25) is 5.78 Å². The van der Waals surface area contributed by atoms with Crippen LogP contribution < -0.4 is 4.74 Å². The van der Waals surface area contributed by atoms with E-state index in [0.29, 0.717) is 23.7 Å². The number of imidazole rings is 1. The van der Waals surface area contributed by atoms with Gasteiger partial charge in [0.1, 0.15) is 5.69 Å². The predicted octanol–water partition coefficient (Wildman–Crippen LogP) is 1.27. The molecule has 0 aliphatic rings. The summed E-state index contributed by atoms with van der Waals surface area (Å²) in [6.45, 7) is 2.72. The molecule has 18 heavy (non-hydrogen) atoms. The maximum absolute atomic E-state index is 12.5. The van der Waals surface area contributed by atoms with E-state index in [4.69, 9.17) is 4.74 Å². The molecule has 0 radical (unpaired) electrons. The van der Waals surface area contributed by atoms with Gasteiger partial charge in [-0.25, -0.2) is 4.98 Å². The fourth-order valence-electron chi connectivity index (χ4n) is 1.83. The van der Waals surface area contributed by atoms with E-state index < -0.39 is 0 Å². The molecule has 0 spiro atoms. The van der Waals surface area contributed by atoms with Crippen molar-refractivity contribution in [2.75, 3.05) is 7.11 Å². The number of ether oxygens (including phenoxy) is 1. The van der Waals surface area contributed by atoms with Crippen LogP contribution in [0.15, 0.2) is 18.7 Å². The van der Waals surface area contributed by atoms with Crippen molar-refractivity contribution in [1.82, 2.24) is 19.3 Å². The zero-order chi connectivity index (χ0) is 13.1. The molecule has 0 aliphatic carbocycles. The highest BCUT2D eigenvalue weighted by molar-refractivity contribution is 6.08. The first-order valence-electron chi connectivity index (χ1n) is 5.79. The van der Waals surface area contributed by atoms with E-state index in [2.05, 4.69) is 10.1 Å². The number of ketones is 1. The quantitative estimate of drug-likeness (QED) is 0.747. The monoisotopic (exact) mass is 248 g/mol. The SMILES string of the molecule is CCCn1ncc(OC)c1C(=O)c1cncn1C. The zero-order valence-electron chi connectivity index (χ0n) is 10.8. The lowest BCUT2D eigenvalue weighted by atomic mass is 10.2. The van der Waals surface area contributed by atoms with E-state index >= 15 is 0 Å². The van der Waals surface area contributed by atoms with Gasteiger partial charge in [0.05, 0.1) is 25.8 Å². The third-order valence-electron chi connectivity index (χ3n) is 2.73. The van der Waals surface area contributed by atoms with Crippen molar-refractivity contribution in [3.63, 3.8) is 0 Å². The van der Waals surface area contributed by atoms with Crippen molar-refractivity contribution in [1.29, 1.82) is 0 Å². The molecule has 0 N–H and O–H groups in total. The molecule has 0 amide bonds. The third kappa shape index (κ3) is 2.01. The second-order valence-corrected chi connectivity index (χ2v) is 4.00. The van der Waals surface area contributed by atoms with Crippen LogP contribution >= 0.6 is 0 Å². The molecule has 0 unspecified atom stereocenters. The summed E-state index contributed by atoms with van der Waals surface area (Å²) in [4.78, 5) is 16.4. The Morgan fingerprint density at radius 1 is 1.44 bits per heavy atom. The number of carbonyl (C=O) groups is 1. The largest absolute Gasteiger partial charge is 0.493 e. The van der Waals surface area contributed by atoms with Gasteiger partial charge in [0.15, 0.2) is 11.4 Å². The summed E-state index contributed by atoms with van der Waals surface area (Å²) in [7, 11) is 3.32. The van der Waals surface area contributed by atoms with Crippen LogP contribution in [0.4, 0.5) is 0 Å². The van der Waals surface area contributed by atoms with Gasteiger partial charge in [-0.05, 0) is 6.42 Å². The summed E-state index contributed by atoms with van der Waals surface area (Å²) >= 11 is 0. The van der Waals surface area contributed by atoms with E-state index in [-0.39, 0.29) is 5.78 Å². The number of aromatic nitrogens is 4. The van der Waals surface area contributed by atoms with Gasteiger partial charge in [0, 0.05) is 13.6 Å². The first-order chi connectivity index (χ1) is 8.69. The Labute approximate surface area is 105 Å². The van der Waals surface area contributed by atoms with Crippen molar-refractivity contribution in [3.8, 4) is 5.75 Å². The van der Waals surface area contributed by atoms with Gasteiger partial charge in [0.25, 0.3) is 0 Å². The molecular formula is C12H16N4O2. The van der Waals surface area contributed by atoms with E-state index in [0.717, 1.165) is 6.42 Å². The third-order valence-corrected chi connectivity index (χ3v) is 2.73. The molecule has 0 aromatic carbocycles. The van der Waals surface area contributed by atoms with Crippen molar-refractivity contribution in [2.45, 2.75) is 19.9 Å². The minimum Gasteiger partial charge on any atom is -0.493 e. The Kier molecular flexibility index (Phi) is 3.45. The molecule has 2 rings (SSSR count). The smallest absolute Gasteiger partial charge is 0.232 e. The van der Waals surface area contributed by atoms with Crippen LogP contribution in [0.1, 0.15) is 29.5 Å². The maximum Gasteiger partial charge on any atom is 0.232 e. The molecule has 0 aliphatic heterocycles. The molecule has 0 saturated carbocycles. The van der Waals surface area contributed by atoms with Gasteiger partial charge in [-0.15, -0.1) is 0 Å². The predicted molar refractivity (Wildman–Crippen MR) is 65.7 cm³/mol. The lowest BCUT2D eigenvalue weighted by Crippen LogP contribution is -2.15. The first-order valence-corrected chi connectivity index (χ1v) is 5.79. The van der Waals surface area contributed by atoms with Crippen LogP contribution in [0.25, 0.3) is 0 Å². The Hall–Kier alpha value is -2.11. The number of rotatable bonds is 5. The van der Waals surface area contributed by atoms with Gasteiger partial charge in [-0.3, -0.25) is 9.48 Å². The Bertz CT molecular complexity index is 556. The molecule has 2 aromatic rings. The lowest BCUT2D eigenvalue weighted by molar-refractivity contribution is 0.101. The van der Waals surface area contributed by atoms with Gasteiger partial charge in [-0.1, -0.05) is 6.92 Å². The van der Waals surface area contributed by atoms with Crippen molar-refractivity contribution < 1.29 is 9.53 Å². The molecule has 6 heteroatoms. The Morgan fingerprint density at radius 3 is 2.78 bits per heavy atom. The summed E-state index contributed by atoms with van der Waals surface area (Å²) in [6, 6.07) is 0. The summed E-state index contributed by atoms with van der Waals surface area (Å²) in [5.41, 5.74) is 0.995. The van der Waals surface area contributed by atoms with Gasteiger partial charge < -0.3 is 9.30 Å². The van der Waals surface area contributed by atoms with Crippen molar-refractivity contribution in [3.05, 3.63) is 30.1 Å². The molecule has 96 valence electrons. The van der Waals surface area contributed by atoms with Gasteiger partial charge >= 0.3 is 0 Å². The first kappa shape index (κ1) is 12.3. The average molecular weight is 248 g/mol. The lowest BCUT2D eigenvalue weighted by Gasteiger charge is -2.07. The highest BCUT2D eigenvalue weighted by Gasteiger charge is 2.22. The fraction of sp³-hybridized carbons (Fsp3) is 0.417. The molecule has 2 aromatic heterocycles. The van der Waals surface area contributed by atoms with Crippen molar-refractivity contribution in [2.24, 2.45) is 7.05 Å². The highest BCUT2D eigenvalue weighted by Crippen LogP contribution is 2.21. The van der Waals surface area contributed by atoms with Crippen LogP contribution in [0, 0.1) is 0 Å². The highest BCUT2D eigenvalue weighted by atomic mass is 16.5. The van der Waals surface area contributed by atoms with Crippen LogP contribution in [-0.2, 0) is 13.6 Å². The van der Waals surface area contributed by atoms with Crippen LogP contribution in [-0.4, -0.2) is 32.2 Å². The zero-order valence-corrected chi connectivity index (χ0v) is 10.8. The van der Waals surface area contributed by atoms with E-state index in [9.17, 15) is 4.79 Å². The molecule has 2 heterocycles. The summed E-state index contributed by atoms with van der Waals surface area (Å²) in [6.07, 6.45) is 5.61. The number of hydrogen-bond donors (Lipinski definition) is 0. The van der Waals surface area contributed by atoms with E-state index in [1.165, 1.54) is 7.11 Å². The summed E-state index contributed by atoms with van der Waals surface area (Å²) < 4.78 is 8.56. The standard InChI is InChI=1S/C12H16N4O2/c1-4-5-16-11(10(18-3)7-14-16)12(17)9-6-13-8-15(9)2/h6-8H,4-5H2,1-3H3. The number of hydrogen-bond acceptors (Lipinski definition) is 4. The second-order valence-electron chi connectivity index (χ2n) is 4.00. The topological polar surface area (TPSA) is 61.9 Å². The minimum atomic E-state index is -0.127. The van der Waals surface area contributed by atoms with Gasteiger partial charge in [-0.2, -0.15) is 5.10 Å². The Morgan fingerprint density at radius 2 is 2.22 bits per heavy atom. The number of aryl methyl sites for hydroxylation is 2. The number of nitrogens with zero attached hydrogens (tertiary/aromatic N) is 4. The molecular weight excluding hydrogens is 232 g/mol. The molecule has 0 saturated heterocycles. The second kappa shape index (κ2) is 5.03. The number of carbonyl (C=O) groups excluding carboxylic acids is 1. The molecule has 0 bridgehead atoms. The Balaban J connectivity index is 2.46. The average Bonchev–Trinajstić information content (AvgIpc) is 2.95. The minimum absolute atomic E-state index is 0.127.